The predicted molar refractivity (Wildman–Crippen MR) is 170 cm³/mol. The monoisotopic (exact) mass is 587 g/mol. The Bertz CT molecular complexity index is 1510. The zero-order valence-electron chi connectivity index (χ0n) is 25.5. The van der Waals surface area contributed by atoms with Crippen LogP contribution in [0.15, 0.2) is 81.9 Å². The van der Waals surface area contributed by atoms with Crippen molar-refractivity contribution in [2.75, 3.05) is 0 Å². The Balaban J connectivity index is 1.57. The fourth-order valence-corrected chi connectivity index (χ4v) is 8.95. The van der Waals surface area contributed by atoms with Gasteiger partial charge in [0.15, 0.2) is 0 Å². The summed E-state index contributed by atoms with van der Waals surface area (Å²) in [7, 11) is -2.27. The molecule has 0 N–H and O–H groups in total. The van der Waals surface area contributed by atoms with Gasteiger partial charge in [-0.25, -0.2) is 28.3 Å². The van der Waals surface area contributed by atoms with Gasteiger partial charge in [-0.05, 0) is 49.5 Å². The number of hydrogen-bond acceptors (Lipinski definition) is 4. The van der Waals surface area contributed by atoms with Gasteiger partial charge in [0, 0.05) is 5.92 Å². The molecule has 8 heteroatoms. The van der Waals surface area contributed by atoms with E-state index in [-0.39, 0.29) is 23.7 Å². The maximum atomic E-state index is 14.2. The number of carbonyl (C=O) groups is 1. The molecule has 2 heterocycles. The molecule has 0 radical (unpaired) electrons. The number of fused-ring (bicyclic) bond motifs is 1. The molecule has 3 aromatic rings. The lowest BCUT2D eigenvalue weighted by molar-refractivity contribution is -0.147. The molecule has 0 saturated heterocycles. The third-order valence-corrected chi connectivity index (χ3v) is 11.0. The van der Waals surface area contributed by atoms with Gasteiger partial charge < -0.3 is 4.74 Å². The summed E-state index contributed by atoms with van der Waals surface area (Å²) >= 11 is 0. The van der Waals surface area contributed by atoms with Crippen LogP contribution in [0.5, 0.6) is 0 Å². The van der Waals surface area contributed by atoms with Gasteiger partial charge in [0.05, 0.1) is 31.0 Å². The first-order chi connectivity index (χ1) is 20.2. The van der Waals surface area contributed by atoms with E-state index in [2.05, 4.69) is 38.7 Å². The summed E-state index contributed by atoms with van der Waals surface area (Å²) in [6, 6.07) is 19.0. The van der Waals surface area contributed by atoms with Crippen molar-refractivity contribution in [1.29, 1.82) is 0 Å². The third-order valence-electron chi connectivity index (χ3n) is 8.84. The molecule has 2 aromatic carbocycles. The van der Waals surface area contributed by atoms with E-state index in [1.54, 1.807) is 21.5 Å². The highest BCUT2D eigenvalue weighted by Gasteiger charge is 2.44. The molecule has 2 unspecified atom stereocenters. The number of unbranched alkanes of at least 4 members (excludes halogenated alkanes) is 3. The molecule has 2 aliphatic rings. The summed E-state index contributed by atoms with van der Waals surface area (Å²) in [5.41, 5.74) is 1.02. The Labute approximate surface area is 249 Å². The first kappa shape index (κ1) is 30.1. The summed E-state index contributed by atoms with van der Waals surface area (Å²) in [6.45, 7) is 8.61. The molecule has 0 bridgehead atoms. The smallest absolute Gasteiger partial charge is 0.352 e. The van der Waals surface area contributed by atoms with Crippen molar-refractivity contribution in [2.45, 2.75) is 108 Å². The Morgan fingerprint density at radius 2 is 1.50 bits per heavy atom. The molecule has 4 atom stereocenters. The number of allylic oxidation sites excluding steroid dienone is 1. The number of para-hydroxylation sites is 1. The predicted octanol–water partition coefficient (Wildman–Crippen LogP) is 6.94. The van der Waals surface area contributed by atoms with Gasteiger partial charge in [-0.3, -0.25) is 0 Å². The lowest BCUT2D eigenvalue weighted by Gasteiger charge is -2.38. The molecule has 0 spiro atoms. The minimum atomic E-state index is -2.27. The first-order valence-corrected chi connectivity index (χ1v) is 19.3. The van der Waals surface area contributed by atoms with Gasteiger partial charge in [0.25, 0.3) is 0 Å². The van der Waals surface area contributed by atoms with Crippen LogP contribution < -0.4 is 11.4 Å². The average molecular weight is 588 g/mol. The number of carbonyl (C=O) groups excluding carboxylic acids is 1. The minimum Gasteiger partial charge on any atom is -0.458 e. The SMILES string of the molecule is CCCCCC[C@@H]1C=C(C(=O)OC2CCCCC2c2ccccc2)[C@H]([Si](C)(C)C)n2c(=O)n(-c3ccccc3)c(=O)n21. The van der Waals surface area contributed by atoms with Crippen LogP contribution in [0, 0.1) is 0 Å². The van der Waals surface area contributed by atoms with Gasteiger partial charge in [-0.15, -0.1) is 0 Å². The summed E-state index contributed by atoms with van der Waals surface area (Å²) in [4.78, 5) is 42.4. The number of ether oxygens (including phenoxy) is 1. The minimum absolute atomic E-state index is 0.156. The van der Waals surface area contributed by atoms with Gasteiger partial charge in [0.1, 0.15) is 6.10 Å². The highest BCUT2D eigenvalue weighted by atomic mass is 28.3. The van der Waals surface area contributed by atoms with Crippen molar-refractivity contribution in [2.24, 2.45) is 0 Å². The zero-order chi connectivity index (χ0) is 29.9. The van der Waals surface area contributed by atoms with Crippen LogP contribution in [-0.2, 0) is 9.53 Å². The Morgan fingerprint density at radius 1 is 0.857 bits per heavy atom. The van der Waals surface area contributed by atoms with Crippen molar-refractivity contribution in [3.05, 3.63) is 98.8 Å². The van der Waals surface area contributed by atoms with E-state index in [1.807, 2.05) is 42.5 Å². The van der Waals surface area contributed by atoms with E-state index < -0.39 is 25.5 Å². The summed E-state index contributed by atoms with van der Waals surface area (Å²) in [6.07, 6.45) is 10.5. The molecule has 1 fully saturated rings. The van der Waals surface area contributed by atoms with E-state index in [1.165, 1.54) is 10.1 Å². The molecular weight excluding hydrogens is 542 g/mol. The topological polar surface area (TPSA) is 75.2 Å². The molecule has 5 rings (SSSR count). The van der Waals surface area contributed by atoms with Crippen LogP contribution in [-0.4, -0.2) is 34.1 Å². The fourth-order valence-electron chi connectivity index (χ4n) is 6.83. The van der Waals surface area contributed by atoms with E-state index in [9.17, 15) is 14.4 Å². The summed E-state index contributed by atoms with van der Waals surface area (Å²) in [5, 5.41) is 0. The molecule has 7 nitrogen and oxygen atoms in total. The number of aromatic nitrogens is 3. The average Bonchev–Trinajstić information content (AvgIpc) is 3.25. The van der Waals surface area contributed by atoms with Crippen molar-refractivity contribution >= 4 is 14.0 Å². The maximum absolute atomic E-state index is 14.2. The molecule has 0 amide bonds. The highest BCUT2D eigenvalue weighted by molar-refractivity contribution is 6.77. The number of esters is 1. The van der Waals surface area contributed by atoms with Crippen LogP contribution in [0.4, 0.5) is 0 Å². The fraction of sp³-hybridized carbons (Fsp3) is 0.500. The third kappa shape index (κ3) is 6.05. The lowest BCUT2D eigenvalue weighted by atomic mass is 9.81. The summed E-state index contributed by atoms with van der Waals surface area (Å²) < 4.78 is 10.9. The second-order valence-corrected chi connectivity index (χ2v) is 18.3. The van der Waals surface area contributed by atoms with E-state index in [0.29, 0.717) is 17.7 Å². The maximum Gasteiger partial charge on any atom is 0.352 e. The van der Waals surface area contributed by atoms with Crippen LogP contribution in [0.3, 0.4) is 0 Å². The molecule has 42 heavy (non-hydrogen) atoms. The number of nitrogens with zero attached hydrogens (tertiary/aromatic N) is 3. The normalized spacial score (nSPS) is 22.3. The van der Waals surface area contributed by atoms with Gasteiger partial charge in [0.2, 0.25) is 0 Å². The van der Waals surface area contributed by atoms with Crippen LogP contribution >= 0.6 is 0 Å². The quantitative estimate of drug-likeness (QED) is 0.146. The second kappa shape index (κ2) is 12.9. The van der Waals surface area contributed by atoms with E-state index >= 15 is 0 Å². The molecule has 1 aliphatic carbocycles. The molecular formula is C34H45N3O4Si. The largest absolute Gasteiger partial charge is 0.458 e. The number of hydrogen-bond donors (Lipinski definition) is 0. The lowest BCUT2D eigenvalue weighted by Crippen LogP contribution is -2.49. The van der Waals surface area contributed by atoms with E-state index in [4.69, 9.17) is 4.74 Å². The molecule has 1 aliphatic heterocycles. The van der Waals surface area contributed by atoms with Gasteiger partial charge >= 0.3 is 17.3 Å². The van der Waals surface area contributed by atoms with Crippen LogP contribution in [0.25, 0.3) is 5.69 Å². The van der Waals surface area contributed by atoms with Crippen LogP contribution in [0.1, 0.15) is 87.9 Å². The Hall–Kier alpha value is -3.39. The van der Waals surface area contributed by atoms with Crippen molar-refractivity contribution in [3.8, 4) is 5.69 Å². The van der Waals surface area contributed by atoms with Crippen molar-refractivity contribution in [1.82, 2.24) is 13.9 Å². The van der Waals surface area contributed by atoms with Crippen molar-refractivity contribution < 1.29 is 9.53 Å². The van der Waals surface area contributed by atoms with Crippen molar-refractivity contribution in [3.63, 3.8) is 0 Å². The second-order valence-electron chi connectivity index (χ2n) is 13.0. The Kier molecular flexibility index (Phi) is 9.21. The number of benzene rings is 2. The molecule has 224 valence electrons. The highest BCUT2D eigenvalue weighted by Crippen LogP contribution is 2.39. The summed E-state index contributed by atoms with van der Waals surface area (Å²) in [5.74, 6) is -0.185. The Morgan fingerprint density at radius 3 is 2.17 bits per heavy atom. The van der Waals surface area contributed by atoms with Gasteiger partial charge in [-0.2, -0.15) is 0 Å². The van der Waals surface area contributed by atoms with Crippen LogP contribution in [0.2, 0.25) is 19.6 Å². The first-order valence-electron chi connectivity index (χ1n) is 15.7. The zero-order valence-corrected chi connectivity index (χ0v) is 26.5. The number of rotatable bonds is 10. The van der Waals surface area contributed by atoms with E-state index in [0.717, 1.165) is 51.4 Å². The molecule has 1 aromatic heterocycles. The molecule has 1 saturated carbocycles. The standard InChI is InChI=1S/C34H45N3O4Si/c1-5-6-7-12-21-27-24-29(32(38)41-30-23-16-15-22-28(30)25-17-10-8-11-18-25)31(42(2,3)4)37-34(40)35(33(39)36(27)37)26-19-13-9-14-20-26/h8-11,13-14,17-20,24,27-28,30-31H,5-7,12,15-16,21-23H2,1-4H3/t27-,28?,30?,31+/m1/s1. The van der Waals surface area contributed by atoms with Gasteiger partial charge in [-0.1, -0.05) is 107 Å².